The SMILES string of the molecule is CC(C)Cn1c2ccc(F)cc2c2nc3ccccc3nc21. The molecule has 0 fully saturated rings. The first-order chi connectivity index (χ1) is 10.6. The van der Waals surface area contributed by atoms with E-state index in [4.69, 9.17) is 9.97 Å². The maximum Gasteiger partial charge on any atom is 0.160 e. The van der Waals surface area contributed by atoms with Crippen LogP contribution in [0.5, 0.6) is 0 Å². The zero-order valence-electron chi connectivity index (χ0n) is 12.5. The summed E-state index contributed by atoms with van der Waals surface area (Å²) in [5.74, 6) is 0.225. The molecular weight excluding hydrogens is 277 g/mol. The lowest BCUT2D eigenvalue weighted by atomic mass is 10.2. The van der Waals surface area contributed by atoms with E-state index in [1.807, 2.05) is 30.3 Å². The topological polar surface area (TPSA) is 30.7 Å². The summed E-state index contributed by atoms with van der Waals surface area (Å²) in [6, 6.07) is 12.7. The van der Waals surface area contributed by atoms with Gasteiger partial charge in [0.25, 0.3) is 0 Å². The van der Waals surface area contributed by atoms with Gasteiger partial charge in [0.05, 0.1) is 16.6 Å². The van der Waals surface area contributed by atoms with Crippen molar-refractivity contribution in [2.24, 2.45) is 5.92 Å². The van der Waals surface area contributed by atoms with E-state index in [9.17, 15) is 4.39 Å². The van der Waals surface area contributed by atoms with Gasteiger partial charge in [0.15, 0.2) is 5.65 Å². The molecule has 22 heavy (non-hydrogen) atoms. The van der Waals surface area contributed by atoms with Gasteiger partial charge in [0.2, 0.25) is 0 Å². The van der Waals surface area contributed by atoms with Crippen LogP contribution in [0.3, 0.4) is 0 Å². The van der Waals surface area contributed by atoms with Crippen molar-refractivity contribution < 1.29 is 4.39 Å². The molecule has 4 rings (SSSR count). The van der Waals surface area contributed by atoms with Crippen LogP contribution in [-0.4, -0.2) is 14.5 Å². The Bertz CT molecular complexity index is 1000. The first-order valence-electron chi connectivity index (χ1n) is 7.48. The highest BCUT2D eigenvalue weighted by molar-refractivity contribution is 6.06. The third-order valence-corrected chi connectivity index (χ3v) is 3.86. The predicted octanol–water partition coefficient (Wildman–Crippen LogP) is 4.53. The molecule has 110 valence electrons. The standard InChI is InChI=1S/C18H16FN3/c1-11(2)10-22-16-8-7-12(19)9-13(16)17-18(22)21-15-6-4-3-5-14(15)20-17/h3-9,11H,10H2,1-2H3. The summed E-state index contributed by atoms with van der Waals surface area (Å²) in [5, 5.41) is 0.828. The summed E-state index contributed by atoms with van der Waals surface area (Å²) in [7, 11) is 0. The van der Waals surface area contributed by atoms with Crippen molar-refractivity contribution in [3.8, 4) is 0 Å². The lowest BCUT2D eigenvalue weighted by Gasteiger charge is -2.09. The minimum atomic E-state index is -0.244. The number of aromatic nitrogens is 3. The fraction of sp³-hybridized carbons (Fsp3) is 0.222. The Labute approximate surface area is 127 Å². The Hall–Kier alpha value is -2.49. The Balaban J connectivity index is 2.18. The molecule has 0 amide bonds. The average molecular weight is 293 g/mol. The minimum absolute atomic E-state index is 0.244. The summed E-state index contributed by atoms with van der Waals surface area (Å²) >= 11 is 0. The van der Waals surface area contributed by atoms with Crippen molar-refractivity contribution in [2.75, 3.05) is 0 Å². The second kappa shape index (κ2) is 4.77. The molecule has 0 bridgehead atoms. The van der Waals surface area contributed by atoms with Crippen molar-refractivity contribution in [1.29, 1.82) is 0 Å². The molecule has 0 radical (unpaired) electrons. The van der Waals surface area contributed by atoms with Gasteiger partial charge >= 0.3 is 0 Å². The number of fused-ring (bicyclic) bond motifs is 4. The van der Waals surface area contributed by atoms with Crippen LogP contribution in [0.1, 0.15) is 13.8 Å². The third kappa shape index (κ3) is 1.95. The summed E-state index contributed by atoms with van der Waals surface area (Å²) in [4.78, 5) is 9.50. The van der Waals surface area contributed by atoms with E-state index in [-0.39, 0.29) is 5.82 Å². The maximum absolute atomic E-state index is 13.7. The number of benzene rings is 2. The van der Waals surface area contributed by atoms with Gasteiger partial charge in [-0.25, -0.2) is 14.4 Å². The molecule has 0 spiro atoms. The molecule has 2 aromatic carbocycles. The first-order valence-corrected chi connectivity index (χ1v) is 7.48. The van der Waals surface area contributed by atoms with Gasteiger partial charge in [0.1, 0.15) is 11.3 Å². The second-order valence-electron chi connectivity index (χ2n) is 6.05. The predicted molar refractivity (Wildman–Crippen MR) is 87.3 cm³/mol. The van der Waals surface area contributed by atoms with Crippen molar-refractivity contribution in [2.45, 2.75) is 20.4 Å². The molecule has 2 aromatic heterocycles. The van der Waals surface area contributed by atoms with Crippen molar-refractivity contribution in [3.63, 3.8) is 0 Å². The van der Waals surface area contributed by atoms with E-state index < -0.39 is 0 Å². The lowest BCUT2D eigenvalue weighted by molar-refractivity contribution is 0.543. The molecule has 0 aliphatic carbocycles. The molecule has 4 heteroatoms. The van der Waals surface area contributed by atoms with E-state index in [0.29, 0.717) is 5.92 Å². The number of rotatable bonds is 2. The second-order valence-corrected chi connectivity index (χ2v) is 6.05. The molecule has 0 saturated carbocycles. The Morgan fingerprint density at radius 2 is 1.77 bits per heavy atom. The molecule has 0 N–H and O–H groups in total. The zero-order chi connectivity index (χ0) is 15.3. The Morgan fingerprint density at radius 1 is 1.05 bits per heavy atom. The van der Waals surface area contributed by atoms with Gasteiger partial charge < -0.3 is 4.57 Å². The zero-order valence-corrected chi connectivity index (χ0v) is 12.5. The lowest BCUT2D eigenvalue weighted by Crippen LogP contribution is -2.05. The minimum Gasteiger partial charge on any atom is -0.324 e. The molecule has 0 atom stereocenters. The number of nitrogens with zero attached hydrogens (tertiary/aromatic N) is 3. The average Bonchev–Trinajstić information content (AvgIpc) is 2.78. The first kappa shape index (κ1) is 13.2. The Kier molecular flexibility index (Phi) is 2.86. The number of hydrogen-bond acceptors (Lipinski definition) is 2. The normalized spacial score (nSPS) is 12.0. The fourth-order valence-corrected chi connectivity index (χ4v) is 2.96. The smallest absolute Gasteiger partial charge is 0.160 e. The molecule has 2 heterocycles. The number of halogens is 1. The third-order valence-electron chi connectivity index (χ3n) is 3.86. The monoisotopic (exact) mass is 293 g/mol. The summed E-state index contributed by atoms with van der Waals surface area (Å²) < 4.78 is 15.8. The van der Waals surface area contributed by atoms with E-state index in [0.717, 1.165) is 39.6 Å². The highest BCUT2D eigenvalue weighted by Crippen LogP contribution is 2.29. The van der Waals surface area contributed by atoms with Gasteiger partial charge in [0, 0.05) is 11.9 Å². The van der Waals surface area contributed by atoms with Crippen LogP contribution in [-0.2, 0) is 6.54 Å². The molecule has 4 aromatic rings. The summed E-state index contributed by atoms with van der Waals surface area (Å²) in [6.45, 7) is 5.16. The van der Waals surface area contributed by atoms with Crippen molar-refractivity contribution in [3.05, 3.63) is 48.3 Å². The number of hydrogen-bond donors (Lipinski definition) is 0. The van der Waals surface area contributed by atoms with Crippen LogP contribution in [0.15, 0.2) is 42.5 Å². The highest BCUT2D eigenvalue weighted by atomic mass is 19.1. The van der Waals surface area contributed by atoms with Gasteiger partial charge in [-0.15, -0.1) is 0 Å². The summed E-state index contributed by atoms with van der Waals surface area (Å²) in [5.41, 5.74) is 4.29. The van der Waals surface area contributed by atoms with Gasteiger partial charge in [-0.3, -0.25) is 0 Å². The van der Waals surface area contributed by atoms with Crippen LogP contribution >= 0.6 is 0 Å². The molecule has 0 unspecified atom stereocenters. The van der Waals surface area contributed by atoms with Crippen LogP contribution in [0.25, 0.3) is 33.1 Å². The number of para-hydroxylation sites is 2. The van der Waals surface area contributed by atoms with Crippen LogP contribution in [0, 0.1) is 11.7 Å². The van der Waals surface area contributed by atoms with Gasteiger partial charge in [-0.2, -0.15) is 0 Å². The quantitative estimate of drug-likeness (QED) is 0.543. The van der Waals surface area contributed by atoms with Crippen LogP contribution in [0.4, 0.5) is 4.39 Å². The largest absolute Gasteiger partial charge is 0.324 e. The summed E-state index contributed by atoms with van der Waals surface area (Å²) in [6.07, 6.45) is 0. The van der Waals surface area contributed by atoms with Gasteiger partial charge in [-0.1, -0.05) is 26.0 Å². The highest BCUT2D eigenvalue weighted by Gasteiger charge is 2.15. The van der Waals surface area contributed by atoms with E-state index >= 15 is 0 Å². The van der Waals surface area contributed by atoms with Crippen LogP contribution in [0.2, 0.25) is 0 Å². The fourth-order valence-electron chi connectivity index (χ4n) is 2.96. The molecular formula is C18H16FN3. The molecule has 0 aliphatic rings. The van der Waals surface area contributed by atoms with E-state index in [1.165, 1.54) is 6.07 Å². The Morgan fingerprint density at radius 3 is 2.50 bits per heavy atom. The van der Waals surface area contributed by atoms with E-state index in [2.05, 4.69) is 18.4 Å². The van der Waals surface area contributed by atoms with Crippen LogP contribution < -0.4 is 0 Å². The molecule has 0 aliphatic heterocycles. The van der Waals surface area contributed by atoms with E-state index in [1.54, 1.807) is 6.07 Å². The maximum atomic E-state index is 13.7. The molecule has 3 nitrogen and oxygen atoms in total. The van der Waals surface area contributed by atoms with Crippen molar-refractivity contribution >= 4 is 33.1 Å². The van der Waals surface area contributed by atoms with Gasteiger partial charge in [-0.05, 0) is 36.2 Å². The molecule has 0 saturated heterocycles. The van der Waals surface area contributed by atoms with Crippen molar-refractivity contribution in [1.82, 2.24) is 14.5 Å².